The fourth-order valence-electron chi connectivity index (χ4n) is 3.31. The van der Waals surface area contributed by atoms with Crippen LogP contribution in [0.5, 0.6) is 0 Å². The first-order valence-electron chi connectivity index (χ1n) is 9.07. The van der Waals surface area contributed by atoms with Crippen LogP contribution in [-0.2, 0) is 17.6 Å². The van der Waals surface area contributed by atoms with Gasteiger partial charge in [-0.15, -0.1) is 22.7 Å². The van der Waals surface area contributed by atoms with Crippen LogP contribution < -0.4 is 5.32 Å². The lowest BCUT2D eigenvalue weighted by Gasteiger charge is -2.12. The molecule has 0 saturated heterocycles. The van der Waals surface area contributed by atoms with E-state index in [0.29, 0.717) is 12.0 Å². The van der Waals surface area contributed by atoms with Crippen LogP contribution in [0, 0.1) is 11.3 Å². The Morgan fingerprint density at radius 2 is 2.15 bits per heavy atom. The molecule has 0 spiro atoms. The quantitative estimate of drug-likeness (QED) is 0.552. The molecule has 1 amide bonds. The molecule has 2 heterocycles. The number of fused-ring (bicyclic) bond motifs is 2. The summed E-state index contributed by atoms with van der Waals surface area (Å²) < 4.78 is 2.04. The van der Waals surface area contributed by atoms with Crippen molar-refractivity contribution in [3.8, 4) is 6.07 Å². The van der Waals surface area contributed by atoms with Gasteiger partial charge in [0, 0.05) is 4.88 Å². The molecule has 4 nitrogen and oxygen atoms in total. The van der Waals surface area contributed by atoms with Crippen molar-refractivity contribution in [2.75, 3.05) is 5.32 Å². The summed E-state index contributed by atoms with van der Waals surface area (Å²) in [6.07, 6.45) is 4.96. The van der Waals surface area contributed by atoms with Crippen LogP contribution in [0.3, 0.4) is 0 Å². The largest absolute Gasteiger partial charge is 0.316 e. The summed E-state index contributed by atoms with van der Waals surface area (Å²) in [5.41, 5.74) is 2.79. The van der Waals surface area contributed by atoms with E-state index < -0.39 is 0 Å². The summed E-state index contributed by atoms with van der Waals surface area (Å²) in [5, 5.41) is 13.1. The molecule has 1 aliphatic rings. The minimum atomic E-state index is -0.226. The second-order valence-electron chi connectivity index (χ2n) is 6.48. The van der Waals surface area contributed by atoms with Gasteiger partial charge in [-0.1, -0.05) is 30.8 Å². The standard InChI is InChI=1S/C20H19N3OS3/c1-2-15(26-20-22-14-8-4-6-10-17(14)27-20)18(24)23-19-13(11-21)12-7-3-5-9-16(12)25-19/h4,6,8,10,15H,2-3,5,7,9H2,1H3,(H,23,24)/t15-/m0/s1. The Morgan fingerprint density at radius 3 is 2.93 bits per heavy atom. The van der Waals surface area contributed by atoms with E-state index in [1.807, 2.05) is 31.2 Å². The van der Waals surface area contributed by atoms with Gasteiger partial charge >= 0.3 is 0 Å². The molecule has 2 aromatic heterocycles. The van der Waals surface area contributed by atoms with Gasteiger partial charge in [0.05, 0.1) is 21.0 Å². The molecular formula is C20H19N3OS3. The Labute approximate surface area is 170 Å². The zero-order chi connectivity index (χ0) is 18.8. The maximum absolute atomic E-state index is 12.9. The fraction of sp³-hybridized carbons (Fsp3) is 0.350. The predicted molar refractivity (Wildman–Crippen MR) is 114 cm³/mol. The van der Waals surface area contributed by atoms with Crippen LogP contribution in [0.1, 0.15) is 42.2 Å². The number of nitrogens with zero attached hydrogens (tertiary/aromatic N) is 2. The van der Waals surface area contributed by atoms with Crippen LogP contribution >= 0.6 is 34.4 Å². The van der Waals surface area contributed by atoms with E-state index in [1.165, 1.54) is 16.6 Å². The highest BCUT2D eigenvalue weighted by Gasteiger charge is 2.25. The highest BCUT2D eigenvalue weighted by molar-refractivity contribution is 8.02. The van der Waals surface area contributed by atoms with E-state index in [1.54, 1.807) is 22.7 Å². The highest BCUT2D eigenvalue weighted by atomic mass is 32.2. The Balaban J connectivity index is 1.52. The van der Waals surface area contributed by atoms with Gasteiger partial charge in [-0.3, -0.25) is 4.79 Å². The molecule has 0 bridgehead atoms. The number of benzene rings is 1. The van der Waals surface area contributed by atoms with Gasteiger partial charge in [0.15, 0.2) is 4.34 Å². The number of anilines is 1. The summed E-state index contributed by atoms with van der Waals surface area (Å²) in [6.45, 7) is 2.01. The monoisotopic (exact) mass is 413 g/mol. The van der Waals surface area contributed by atoms with Crippen molar-refractivity contribution in [1.82, 2.24) is 4.98 Å². The van der Waals surface area contributed by atoms with Crippen molar-refractivity contribution in [1.29, 1.82) is 5.26 Å². The molecule has 1 aromatic carbocycles. The van der Waals surface area contributed by atoms with Crippen molar-refractivity contribution >= 4 is 55.6 Å². The van der Waals surface area contributed by atoms with Crippen molar-refractivity contribution in [2.45, 2.75) is 48.6 Å². The normalized spacial score (nSPS) is 14.5. The van der Waals surface area contributed by atoms with Gasteiger partial charge in [-0.25, -0.2) is 4.98 Å². The lowest BCUT2D eigenvalue weighted by molar-refractivity contribution is -0.115. The van der Waals surface area contributed by atoms with Crippen LogP contribution in [0.2, 0.25) is 0 Å². The molecule has 7 heteroatoms. The molecule has 3 aromatic rings. The average Bonchev–Trinajstić information content (AvgIpc) is 3.25. The van der Waals surface area contributed by atoms with E-state index >= 15 is 0 Å². The zero-order valence-electron chi connectivity index (χ0n) is 14.9. The van der Waals surface area contributed by atoms with Gasteiger partial charge in [0.25, 0.3) is 0 Å². The second-order valence-corrected chi connectivity index (χ2v) is 10.1. The molecule has 4 rings (SSSR count). The SMILES string of the molecule is CC[C@H](Sc1nc2ccccc2s1)C(=O)Nc1sc2c(c1C#N)CCCC2. The smallest absolute Gasteiger partial charge is 0.238 e. The number of nitriles is 1. The Kier molecular flexibility index (Phi) is 5.48. The summed E-state index contributed by atoms with van der Waals surface area (Å²) >= 11 is 4.70. The number of hydrogen-bond acceptors (Lipinski definition) is 6. The van der Waals surface area contributed by atoms with Crippen molar-refractivity contribution in [3.63, 3.8) is 0 Å². The first-order valence-corrected chi connectivity index (χ1v) is 11.6. The van der Waals surface area contributed by atoms with Crippen molar-refractivity contribution < 1.29 is 4.79 Å². The van der Waals surface area contributed by atoms with Gasteiger partial charge in [0.1, 0.15) is 11.1 Å². The van der Waals surface area contributed by atoms with E-state index in [0.717, 1.165) is 50.8 Å². The fourth-order valence-corrected chi connectivity index (χ4v) is 6.79. The van der Waals surface area contributed by atoms with E-state index in [-0.39, 0.29) is 11.2 Å². The third-order valence-electron chi connectivity index (χ3n) is 4.70. The van der Waals surface area contributed by atoms with Crippen molar-refractivity contribution in [2.24, 2.45) is 0 Å². The van der Waals surface area contributed by atoms with E-state index in [2.05, 4.69) is 16.4 Å². The van der Waals surface area contributed by atoms with Crippen molar-refractivity contribution in [3.05, 3.63) is 40.3 Å². The summed E-state index contributed by atoms with van der Waals surface area (Å²) in [6, 6.07) is 10.3. The van der Waals surface area contributed by atoms with Gasteiger partial charge in [0.2, 0.25) is 5.91 Å². The molecular weight excluding hydrogens is 394 g/mol. The minimum absolute atomic E-state index is 0.0446. The number of para-hydroxylation sites is 1. The minimum Gasteiger partial charge on any atom is -0.316 e. The zero-order valence-corrected chi connectivity index (χ0v) is 17.4. The number of aryl methyl sites for hydroxylation is 1. The molecule has 138 valence electrons. The van der Waals surface area contributed by atoms with Gasteiger partial charge < -0.3 is 5.32 Å². The van der Waals surface area contributed by atoms with Crippen LogP contribution in [0.25, 0.3) is 10.2 Å². The van der Waals surface area contributed by atoms with Crippen LogP contribution in [0.15, 0.2) is 28.6 Å². The molecule has 0 saturated carbocycles. The first-order chi connectivity index (χ1) is 13.2. The molecule has 1 N–H and O–H groups in total. The molecule has 0 radical (unpaired) electrons. The Morgan fingerprint density at radius 1 is 1.33 bits per heavy atom. The number of carbonyl (C=O) groups excluding carboxylic acids is 1. The van der Waals surface area contributed by atoms with Gasteiger partial charge in [-0.2, -0.15) is 5.26 Å². The molecule has 27 heavy (non-hydrogen) atoms. The number of carbonyl (C=O) groups is 1. The van der Waals surface area contributed by atoms with Crippen LogP contribution in [-0.4, -0.2) is 16.1 Å². The molecule has 1 aliphatic carbocycles. The van der Waals surface area contributed by atoms with Crippen LogP contribution in [0.4, 0.5) is 5.00 Å². The number of nitrogens with one attached hydrogen (secondary N) is 1. The van der Waals surface area contributed by atoms with E-state index in [9.17, 15) is 10.1 Å². The third-order valence-corrected chi connectivity index (χ3v) is 8.40. The first kappa shape index (κ1) is 18.5. The summed E-state index contributed by atoms with van der Waals surface area (Å²) in [7, 11) is 0. The number of rotatable bonds is 5. The average molecular weight is 414 g/mol. The third kappa shape index (κ3) is 3.75. The maximum Gasteiger partial charge on any atom is 0.238 e. The molecule has 0 aliphatic heterocycles. The summed E-state index contributed by atoms with van der Waals surface area (Å²) in [4.78, 5) is 18.8. The maximum atomic E-state index is 12.9. The number of thiophene rings is 1. The molecule has 1 atom stereocenters. The number of amides is 1. The number of aromatic nitrogens is 1. The number of thiazole rings is 1. The topological polar surface area (TPSA) is 65.8 Å². The van der Waals surface area contributed by atoms with Gasteiger partial charge in [-0.05, 0) is 49.8 Å². The second kappa shape index (κ2) is 8.01. The Hall–Kier alpha value is -1.88. The number of hydrogen-bond donors (Lipinski definition) is 1. The molecule has 0 fully saturated rings. The predicted octanol–water partition coefficient (Wildman–Crippen LogP) is 5.62. The lowest BCUT2D eigenvalue weighted by Crippen LogP contribution is -2.24. The summed E-state index contributed by atoms with van der Waals surface area (Å²) in [5.74, 6) is -0.0446. The highest BCUT2D eigenvalue weighted by Crippen LogP contribution is 2.39. The Bertz CT molecular complexity index is 998. The lowest BCUT2D eigenvalue weighted by atomic mass is 9.96. The molecule has 0 unspecified atom stereocenters. The van der Waals surface area contributed by atoms with E-state index in [4.69, 9.17) is 0 Å². The number of thioether (sulfide) groups is 1.